The second kappa shape index (κ2) is 6.45. The number of aromatic nitrogens is 1. The van der Waals surface area contributed by atoms with Crippen molar-refractivity contribution in [2.24, 2.45) is 0 Å². The van der Waals surface area contributed by atoms with E-state index in [-0.39, 0.29) is 5.91 Å². The van der Waals surface area contributed by atoms with Crippen molar-refractivity contribution in [3.8, 4) is 10.8 Å². The average Bonchev–Trinajstić information content (AvgIpc) is 3.24. The van der Waals surface area contributed by atoms with Crippen LogP contribution in [0.15, 0.2) is 57.4 Å². The van der Waals surface area contributed by atoms with Gasteiger partial charge in [0.25, 0.3) is 5.91 Å². The molecule has 0 bridgehead atoms. The lowest BCUT2D eigenvalue weighted by molar-refractivity contribution is 0.0982. The van der Waals surface area contributed by atoms with Gasteiger partial charge in [0.2, 0.25) is 0 Å². The molecule has 1 atom stereocenters. The number of carbonyl (C=O) groups excluding carboxylic acids is 1. The van der Waals surface area contributed by atoms with Crippen LogP contribution >= 0.6 is 23.1 Å². The SMILES string of the molecule is C[C@@H]1CCN(C(=O)c2csc(-c3ccco3)n2)c2ccccc2S1. The first kappa shape index (κ1) is 15.5. The molecule has 0 spiro atoms. The Morgan fingerprint density at radius 2 is 2.17 bits per heavy atom. The number of carbonyl (C=O) groups is 1. The molecule has 0 N–H and O–H groups in total. The number of hydrogen-bond donors (Lipinski definition) is 0. The first-order valence-corrected chi connectivity index (χ1v) is 9.55. The molecule has 6 heteroatoms. The normalized spacial score (nSPS) is 17.4. The van der Waals surface area contributed by atoms with Crippen molar-refractivity contribution in [1.29, 1.82) is 0 Å². The first-order valence-electron chi connectivity index (χ1n) is 7.79. The van der Waals surface area contributed by atoms with Gasteiger partial charge in [-0.3, -0.25) is 4.79 Å². The Balaban J connectivity index is 1.67. The highest BCUT2D eigenvalue weighted by atomic mass is 32.2. The summed E-state index contributed by atoms with van der Waals surface area (Å²) in [6.45, 7) is 2.91. The van der Waals surface area contributed by atoms with Crippen LogP contribution in [0.5, 0.6) is 0 Å². The first-order chi connectivity index (χ1) is 11.7. The Labute approximate surface area is 148 Å². The van der Waals surface area contributed by atoms with E-state index in [2.05, 4.69) is 18.0 Å². The number of thiazole rings is 1. The highest BCUT2D eigenvalue weighted by Crippen LogP contribution is 2.38. The highest BCUT2D eigenvalue weighted by molar-refractivity contribution is 8.00. The summed E-state index contributed by atoms with van der Waals surface area (Å²) in [6, 6.07) is 11.8. The third-order valence-corrected chi connectivity index (χ3v) is 6.04. The maximum absolute atomic E-state index is 13.0. The number of benzene rings is 1. The lowest BCUT2D eigenvalue weighted by Crippen LogP contribution is -2.32. The summed E-state index contributed by atoms with van der Waals surface area (Å²) in [5.41, 5.74) is 1.45. The number of furan rings is 1. The number of para-hydroxylation sites is 1. The maximum atomic E-state index is 13.0. The fraction of sp³-hybridized carbons (Fsp3) is 0.222. The Hall–Kier alpha value is -2.05. The van der Waals surface area contributed by atoms with E-state index in [9.17, 15) is 4.79 Å². The molecule has 122 valence electrons. The number of thioether (sulfide) groups is 1. The van der Waals surface area contributed by atoms with Gasteiger partial charge in [-0.15, -0.1) is 23.1 Å². The largest absolute Gasteiger partial charge is 0.462 e. The zero-order valence-electron chi connectivity index (χ0n) is 13.1. The lowest BCUT2D eigenvalue weighted by Gasteiger charge is -2.21. The lowest BCUT2D eigenvalue weighted by atomic mass is 10.2. The van der Waals surface area contributed by atoms with E-state index >= 15 is 0 Å². The molecule has 0 unspecified atom stereocenters. The van der Waals surface area contributed by atoms with Crippen molar-refractivity contribution in [2.75, 3.05) is 11.4 Å². The number of fused-ring (bicyclic) bond motifs is 1. The second-order valence-electron chi connectivity index (χ2n) is 5.66. The van der Waals surface area contributed by atoms with Crippen molar-refractivity contribution in [1.82, 2.24) is 4.98 Å². The second-order valence-corrected chi connectivity index (χ2v) is 8.00. The zero-order chi connectivity index (χ0) is 16.5. The Kier molecular flexibility index (Phi) is 4.16. The minimum absolute atomic E-state index is 0.0498. The smallest absolute Gasteiger partial charge is 0.277 e. The highest BCUT2D eigenvalue weighted by Gasteiger charge is 2.26. The third kappa shape index (κ3) is 2.87. The summed E-state index contributed by atoms with van der Waals surface area (Å²) >= 11 is 3.25. The summed E-state index contributed by atoms with van der Waals surface area (Å²) < 4.78 is 5.37. The van der Waals surface area contributed by atoms with Crippen LogP contribution in [0.25, 0.3) is 10.8 Å². The van der Waals surface area contributed by atoms with E-state index in [4.69, 9.17) is 4.42 Å². The third-order valence-electron chi connectivity index (χ3n) is 3.94. The number of anilines is 1. The van der Waals surface area contributed by atoms with Crippen molar-refractivity contribution < 1.29 is 9.21 Å². The van der Waals surface area contributed by atoms with Crippen molar-refractivity contribution in [3.63, 3.8) is 0 Å². The average molecular weight is 356 g/mol. The van der Waals surface area contributed by atoms with Crippen molar-refractivity contribution in [2.45, 2.75) is 23.5 Å². The van der Waals surface area contributed by atoms with E-state index in [0.29, 0.717) is 23.2 Å². The van der Waals surface area contributed by atoms with Gasteiger partial charge in [0.05, 0.1) is 12.0 Å². The molecule has 0 saturated heterocycles. The molecule has 24 heavy (non-hydrogen) atoms. The predicted octanol–water partition coefficient (Wildman–Crippen LogP) is 4.93. The van der Waals surface area contributed by atoms with Gasteiger partial charge in [-0.2, -0.15) is 0 Å². The fourth-order valence-corrected chi connectivity index (χ4v) is 4.59. The Morgan fingerprint density at radius 3 is 3.00 bits per heavy atom. The molecular weight excluding hydrogens is 340 g/mol. The number of nitrogens with zero attached hydrogens (tertiary/aromatic N) is 2. The zero-order valence-corrected chi connectivity index (χ0v) is 14.8. The number of rotatable bonds is 2. The minimum Gasteiger partial charge on any atom is -0.462 e. The van der Waals surface area contributed by atoms with Crippen LogP contribution in [0.1, 0.15) is 23.8 Å². The fourth-order valence-electron chi connectivity index (χ4n) is 2.72. The van der Waals surface area contributed by atoms with Crippen LogP contribution in [0.2, 0.25) is 0 Å². The molecule has 1 aliphatic rings. The van der Waals surface area contributed by atoms with E-state index in [0.717, 1.165) is 22.0 Å². The van der Waals surface area contributed by atoms with Gasteiger partial charge in [-0.25, -0.2) is 4.98 Å². The van der Waals surface area contributed by atoms with Crippen LogP contribution in [0.3, 0.4) is 0 Å². The molecule has 1 amide bonds. The molecule has 1 aliphatic heterocycles. The molecule has 0 fully saturated rings. The monoisotopic (exact) mass is 356 g/mol. The van der Waals surface area contributed by atoms with Crippen LogP contribution in [-0.4, -0.2) is 22.7 Å². The van der Waals surface area contributed by atoms with Crippen LogP contribution in [0.4, 0.5) is 5.69 Å². The summed E-state index contributed by atoms with van der Waals surface area (Å²) in [4.78, 5) is 20.5. The van der Waals surface area contributed by atoms with E-state index in [1.165, 1.54) is 11.3 Å². The van der Waals surface area contributed by atoms with E-state index in [1.807, 2.05) is 52.4 Å². The molecule has 4 rings (SSSR count). The van der Waals surface area contributed by atoms with Gasteiger partial charge in [-0.1, -0.05) is 19.1 Å². The van der Waals surface area contributed by atoms with Crippen molar-refractivity contribution >= 4 is 34.7 Å². The Morgan fingerprint density at radius 1 is 1.29 bits per heavy atom. The van der Waals surface area contributed by atoms with Crippen LogP contribution in [-0.2, 0) is 0 Å². The van der Waals surface area contributed by atoms with Gasteiger partial charge < -0.3 is 9.32 Å². The molecule has 1 aromatic carbocycles. The van der Waals surface area contributed by atoms with Gasteiger partial charge >= 0.3 is 0 Å². The quantitative estimate of drug-likeness (QED) is 0.653. The summed E-state index contributed by atoms with van der Waals surface area (Å²) in [5.74, 6) is 0.644. The van der Waals surface area contributed by atoms with Gasteiger partial charge in [0.15, 0.2) is 10.8 Å². The van der Waals surface area contributed by atoms with Gasteiger partial charge in [0, 0.05) is 22.1 Å². The van der Waals surface area contributed by atoms with Crippen LogP contribution in [0, 0.1) is 0 Å². The maximum Gasteiger partial charge on any atom is 0.277 e. The Bertz CT molecular complexity index is 858. The van der Waals surface area contributed by atoms with E-state index < -0.39 is 0 Å². The molecular formula is C18H16N2O2S2. The topological polar surface area (TPSA) is 46.3 Å². The standard InChI is InChI=1S/C18H16N2O2S2/c1-12-8-9-20(14-5-2-3-7-16(14)24-12)18(21)13-11-23-17(19-13)15-6-4-10-22-15/h2-7,10-12H,8-9H2,1H3/t12-/m1/s1. The molecule has 3 aromatic rings. The summed E-state index contributed by atoms with van der Waals surface area (Å²) in [6.07, 6.45) is 2.57. The number of hydrogen-bond acceptors (Lipinski definition) is 5. The predicted molar refractivity (Wildman–Crippen MR) is 97.9 cm³/mol. The molecule has 3 heterocycles. The van der Waals surface area contributed by atoms with Gasteiger partial charge in [-0.05, 0) is 30.7 Å². The number of amides is 1. The summed E-state index contributed by atoms with van der Waals surface area (Å²) in [7, 11) is 0. The van der Waals surface area contributed by atoms with Gasteiger partial charge in [0.1, 0.15) is 5.69 Å². The molecule has 0 radical (unpaired) electrons. The minimum atomic E-state index is -0.0498. The molecule has 2 aromatic heterocycles. The summed E-state index contributed by atoms with van der Waals surface area (Å²) in [5, 5.41) is 3.02. The van der Waals surface area contributed by atoms with E-state index in [1.54, 1.807) is 6.26 Å². The molecule has 4 nitrogen and oxygen atoms in total. The van der Waals surface area contributed by atoms with Crippen LogP contribution < -0.4 is 4.90 Å². The van der Waals surface area contributed by atoms with Crippen molar-refractivity contribution in [3.05, 3.63) is 53.7 Å². The molecule has 0 aliphatic carbocycles. The molecule has 0 saturated carbocycles.